The fourth-order valence-corrected chi connectivity index (χ4v) is 3.79. The largest absolute Gasteiger partial charge is 0.394 e. The molecule has 4 rings (SSSR count). The number of para-hydroxylation sites is 2. The summed E-state index contributed by atoms with van der Waals surface area (Å²) in [5.41, 5.74) is 3.65. The highest BCUT2D eigenvalue weighted by Gasteiger charge is 2.43. The zero-order valence-corrected chi connectivity index (χ0v) is 15.5. The number of nitrogens with zero attached hydrogens (tertiary/aromatic N) is 2. The first kappa shape index (κ1) is 19.0. The first-order chi connectivity index (χ1) is 13.5. The van der Waals surface area contributed by atoms with E-state index in [1.807, 2.05) is 49.5 Å². The normalized spacial score (nSPS) is 28.0. The maximum atomic E-state index is 10.4. The summed E-state index contributed by atoms with van der Waals surface area (Å²) in [7, 11) is 1.98. The monoisotopic (exact) mass is 384 g/mol. The molecule has 5 atom stereocenters. The van der Waals surface area contributed by atoms with E-state index in [9.17, 15) is 20.4 Å². The Morgan fingerprint density at radius 1 is 1.00 bits per heavy atom. The number of rotatable bonds is 4. The molecule has 0 amide bonds. The van der Waals surface area contributed by atoms with Gasteiger partial charge in [-0.05, 0) is 23.3 Å². The number of fused-ring (bicyclic) bond motifs is 1. The summed E-state index contributed by atoms with van der Waals surface area (Å²) < 4.78 is 7.71. The number of benzene rings is 2. The number of aryl methyl sites for hydroxylation is 1. The number of aliphatic hydroxyl groups excluding tert-OH is 4. The smallest absolute Gasteiger partial charge is 0.114 e. The van der Waals surface area contributed by atoms with Crippen molar-refractivity contribution in [3.63, 3.8) is 0 Å². The highest BCUT2D eigenvalue weighted by Crippen LogP contribution is 2.33. The molecule has 0 radical (unpaired) electrons. The number of hydrogen-bond donors (Lipinski definition) is 4. The van der Waals surface area contributed by atoms with E-state index in [1.165, 1.54) is 0 Å². The van der Waals surface area contributed by atoms with Crippen LogP contribution in [0.5, 0.6) is 0 Å². The molecule has 7 nitrogen and oxygen atoms in total. The average Bonchev–Trinajstić information content (AvgIpc) is 3.02. The van der Waals surface area contributed by atoms with Gasteiger partial charge in [-0.25, -0.2) is 4.98 Å². The van der Waals surface area contributed by atoms with E-state index in [0.717, 1.165) is 22.4 Å². The van der Waals surface area contributed by atoms with E-state index in [1.54, 1.807) is 6.07 Å². The van der Waals surface area contributed by atoms with Crippen molar-refractivity contribution in [1.29, 1.82) is 0 Å². The molecule has 1 fully saturated rings. The summed E-state index contributed by atoms with van der Waals surface area (Å²) in [6.45, 7) is -0.443. The first-order valence-corrected chi connectivity index (χ1v) is 9.29. The summed E-state index contributed by atoms with van der Waals surface area (Å²) in [6.07, 6.45) is -5.21. The number of hydrogen-bond acceptors (Lipinski definition) is 6. The summed E-state index contributed by atoms with van der Waals surface area (Å²) in [4.78, 5) is 4.69. The topological polar surface area (TPSA) is 108 Å². The maximum absolute atomic E-state index is 10.4. The van der Waals surface area contributed by atoms with Crippen molar-refractivity contribution in [3.05, 3.63) is 65.5 Å². The second-order valence-corrected chi connectivity index (χ2v) is 7.25. The van der Waals surface area contributed by atoms with Gasteiger partial charge in [-0.15, -0.1) is 0 Å². The van der Waals surface area contributed by atoms with Crippen LogP contribution in [-0.2, 0) is 18.2 Å². The molecule has 1 saturated heterocycles. The molecule has 7 heteroatoms. The third-order valence-corrected chi connectivity index (χ3v) is 5.41. The van der Waals surface area contributed by atoms with Crippen molar-refractivity contribution in [2.75, 3.05) is 6.61 Å². The predicted molar refractivity (Wildman–Crippen MR) is 103 cm³/mol. The van der Waals surface area contributed by atoms with E-state index in [-0.39, 0.29) is 0 Å². The van der Waals surface area contributed by atoms with Gasteiger partial charge in [-0.3, -0.25) is 0 Å². The van der Waals surface area contributed by atoms with Gasteiger partial charge in [0, 0.05) is 13.5 Å². The molecule has 0 saturated carbocycles. The zero-order valence-electron chi connectivity index (χ0n) is 15.5. The van der Waals surface area contributed by atoms with Gasteiger partial charge < -0.3 is 29.7 Å². The molecule has 1 aromatic heterocycles. The third-order valence-electron chi connectivity index (χ3n) is 5.41. The van der Waals surface area contributed by atoms with E-state index in [4.69, 9.17) is 4.74 Å². The van der Waals surface area contributed by atoms with Crippen molar-refractivity contribution in [2.24, 2.45) is 7.05 Å². The van der Waals surface area contributed by atoms with Gasteiger partial charge in [0.15, 0.2) is 0 Å². The predicted octanol–water partition coefficient (Wildman–Crippen LogP) is 0.679. The van der Waals surface area contributed by atoms with Crippen molar-refractivity contribution >= 4 is 11.0 Å². The fraction of sp³-hybridized carbons (Fsp3) is 0.381. The standard InChI is InChI=1S/C21H24N2O5/c1-23-15-8-3-2-7-14(15)22-17(23)10-12-5-4-6-13(9-12)21-20(27)19(26)18(25)16(11-24)28-21/h2-9,16,18-21,24-27H,10-11H2,1H3/t16?,18-,19+,20-,21?/m1/s1. The number of ether oxygens (including phenoxy) is 1. The van der Waals surface area contributed by atoms with Crippen LogP contribution in [0.15, 0.2) is 48.5 Å². The van der Waals surface area contributed by atoms with Crippen LogP contribution >= 0.6 is 0 Å². The van der Waals surface area contributed by atoms with Gasteiger partial charge in [0.05, 0.1) is 17.6 Å². The van der Waals surface area contributed by atoms with Crippen LogP contribution in [0.25, 0.3) is 11.0 Å². The molecule has 4 N–H and O–H groups in total. The van der Waals surface area contributed by atoms with Crippen LogP contribution in [0.1, 0.15) is 23.1 Å². The van der Waals surface area contributed by atoms with Gasteiger partial charge in [-0.1, -0.05) is 36.4 Å². The number of aliphatic hydroxyl groups is 4. The molecule has 0 aliphatic carbocycles. The lowest BCUT2D eigenvalue weighted by molar-refractivity contribution is -0.231. The number of imidazole rings is 1. The molecule has 0 bridgehead atoms. The molecule has 1 aliphatic rings. The Kier molecular flexibility index (Phi) is 5.18. The van der Waals surface area contributed by atoms with Crippen LogP contribution in [0.3, 0.4) is 0 Å². The maximum Gasteiger partial charge on any atom is 0.114 e. The minimum Gasteiger partial charge on any atom is -0.394 e. The first-order valence-electron chi connectivity index (χ1n) is 9.29. The summed E-state index contributed by atoms with van der Waals surface area (Å²) >= 11 is 0. The van der Waals surface area contributed by atoms with E-state index in [2.05, 4.69) is 9.55 Å². The van der Waals surface area contributed by atoms with Crippen LogP contribution in [0.4, 0.5) is 0 Å². The highest BCUT2D eigenvalue weighted by atomic mass is 16.5. The fourth-order valence-electron chi connectivity index (χ4n) is 3.79. The van der Waals surface area contributed by atoms with Crippen LogP contribution < -0.4 is 0 Å². The quantitative estimate of drug-likeness (QED) is 0.527. The molecule has 2 heterocycles. The minimum absolute atomic E-state index is 0.443. The lowest BCUT2D eigenvalue weighted by Crippen LogP contribution is -2.55. The van der Waals surface area contributed by atoms with E-state index in [0.29, 0.717) is 12.0 Å². The summed E-state index contributed by atoms with van der Waals surface area (Å²) in [6, 6.07) is 15.4. The SMILES string of the molecule is Cn1c(Cc2cccc(C3OC(CO)[C@@H](O)[C@H](O)[C@H]3O)c2)nc2ccccc21. The average molecular weight is 384 g/mol. The second-order valence-electron chi connectivity index (χ2n) is 7.25. The highest BCUT2D eigenvalue weighted by molar-refractivity contribution is 5.75. The Bertz CT molecular complexity index is 970. The van der Waals surface area contributed by atoms with E-state index < -0.39 is 37.1 Å². The molecule has 148 valence electrons. The lowest BCUT2D eigenvalue weighted by Gasteiger charge is -2.40. The molecular weight excluding hydrogens is 360 g/mol. The van der Waals surface area contributed by atoms with Crippen molar-refractivity contribution < 1.29 is 25.2 Å². The van der Waals surface area contributed by atoms with Crippen LogP contribution in [0.2, 0.25) is 0 Å². The molecule has 28 heavy (non-hydrogen) atoms. The molecule has 3 aromatic rings. The van der Waals surface area contributed by atoms with Gasteiger partial charge in [0.2, 0.25) is 0 Å². The van der Waals surface area contributed by atoms with Gasteiger partial charge in [0.1, 0.15) is 36.3 Å². The van der Waals surface area contributed by atoms with Gasteiger partial charge in [0.25, 0.3) is 0 Å². The summed E-state index contributed by atoms with van der Waals surface area (Å²) in [5, 5.41) is 39.8. The van der Waals surface area contributed by atoms with Crippen LogP contribution in [0, 0.1) is 0 Å². The molecule has 1 aliphatic heterocycles. The minimum atomic E-state index is -1.39. The van der Waals surface area contributed by atoms with Crippen molar-refractivity contribution in [3.8, 4) is 0 Å². The van der Waals surface area contributed by atoms with E-state index >= 15 is 0 Å². The van der Waals surface area contributed by atoms with Gasteiger partial charge in [-0.2, -0.15) is 0 Å². The zero-order chi connectivity index (χ0) is 19.8. The van der Waals surface area contributed by atoms with Crippen molar-refractivity contribution in [1.82, 2.24) is 9.55 Å². The Balaban J connectivity index is 1.61. The Morgan fingerprint density at radius 3 is 2.54 bits per heavy atom. The third kappa shape index (κ3) is 3.32. The second kappa shape index (κ2) is 7.62. The van der Waals surface area contributed by atoms with Gasteiger partial charge >= 0.3 is 0 Å². The Hall–Kier alpha value is -2.29. The molecular formula is C21H24N2O5. The molecule has 2 aromatic carbocycles. The van der Waals surface area contributed by atoms with Crippen molar-refractivity contribution in [2.45, 2.75) is 36.9 Å². The summed E-state index contributed by atoms with van der Waals surface area (Å²) in [5.74, 6) is 0.909. The molecule has 0 spiro atoms. The lowest BCUT2D eigenvalue weighted by atomic mass is 9.90. The Morgan fingerprint density at radius 2 is 1.79 bits per heavy atom. The molecule has 2 unspecified atom stereocenters. The van der Waals surface area contributed by atoms with Crippen LogP contribution in [-0.4, -0.2) is 61.0 Å². The Labute approximate surface area is 162 Å². The number of aromatic nitrogens is 2.